The Kier molecular flexibility index (Phi) is 5.06. The van der Waals surface area contributed by atoms with Crippen LogP contribution in [0.2, 0.25) is 0 Å². The fourth-order valence-electron chi connectivity index (χ4n) is 1.52. The molecule has 1 aromatic rings. The van der Waals surface area contributed by atoms with E-state index in [4.69, 9.17) is 0 Å². The zero-order chi connectivity index (χ0) is 10.2. The van der Waals surface area contributed by atoms with E-state index in [0.717, 1.165) is 0 Å². The van der Waals surface area contributed by atoms with Crippen molar-refractivity contribution in [3.8, 4) is 0 Å². The van der Waals surface area contributed by atoms with Crippen LogP contribution in [0.1, 0.15) is 38.7 Å². The maximum absolute atomic E-state index is 2.21. The third-order valence-corrected chi connectivity index (χ3v) is 2.62. The van der Waals surface area contributed by atoms with Crippen molar-refractivity contribution in [2.45, 2.75) is 39.5 Å². The number of hydrogen-bond donors (Lipinski definition) is 0. The highest BCUT2D eigenvalue weighted by Gasteiger charge is 1.93. The predicted octanol–water partition coefficient (Wildman–Crippen LogP) is 4.37. The summed E-state index contributed by atoms with van der Waals surface area (Å²) in [5.74, 6) is 0. The molecule has 0 spiro atoms. The van der Waals surface area contributed by atoms with Crippen LogP contribution >= 0.6 is 0 Å². The molecular weight excluding hydrogens is 168 g/mol. The minimum atomic E-state index is 1.22. The van der Waals surface area contributed by atoms with Crippen molar-refractivity contribution in [1.29, 1.82) is 0 Å². The lowest BCUT2D eigenvalue weighted by Gasteiger charge is -2.01. The Morgan fingerprint density at radius 1 is 1.14 bits per heavy atom. The van der Waals surface area contributed by atoms with E-state index < -0.39 is 0 Å². The molecule has 0 saturated carbocycles. The van der Waals surface area contributed by atoms with Gasteiger partial charge in [-0.2, -0.15) is 0 Å². The van der Waals surface area contributed by atoms with Gasteiger partial charge >= 0.3 is 0 Å². The Balaban J connectivity index is 2.17. The van der Waals surface area contributed by atoms with Crippen LogP contribution < -0.4 is 0 Å². The summed E-state index contributed by atoms with van der Waals surface area (Å²) < 4.78 is 0. The van der Waals surface area contributed by atoms with Crippen molar-refractivity contribution in [2.75, 3.05) is 0 Å². The molecule has 0 heteroatoms. The Bertz CT molecular complexity index is 269. The van der Waals surface area contributed by atoms with Crippen LogP contribution in [0.25, 0.3) is 0 Å². The highest BCUT2D eigenvalue weighted by atomic mass is 14.0. The monoisotopic (exact) mass is 188 g/mol. The predicted molar refractivity (Wildman–Crippen MR) is 63.4 cm³/mol. The second kappa shape index (κ2) is 6.42. The van der Waals surface area contributed by atoms with Crippen LogP contribution in [0.5, 0.6) is 0 Å². The molecule has 0 N–H and O–H groups in total. The summed E-state index contributed by atoms with van der Waals surface area (Å²) in [5.41, 5.74) is 2.98. The van der Waals surface area contributed by atoms with Gasteiger partial charge in [0.2, 0.25) is 0 Å². The van der Waals surface area contributed by atoms with Gasteiger partial charge in [0.25, 0.3) is 0 Å². The Labute approximate surface area is 87.7 Å². The SMILES string of the molecule is C/C=C(\C)CCCCc1ccccc1. The molecule has 0 heterocycles. The van der Waals surface area contributed by atoms with E-state index in [2.05, 4.69) is 50.3 Å². The quantitative estimate of drug-likeness (QED) is 0.475. The van der Waals surface area contributed by atoms with Crippen LogP contribution in [0.15, 0.2) is 42.0 Å². The highest BCUT2D eigenvalue weighted by molar-refractivity contribution is 5.14. The number of aryl methyl sites for hydroxylation is 1. The molecule has 0 fully saturated rings. The van der Waals surface area contributed by atoms with Crippen molar-refractivity contribution in [3.05, 3.63) is 47.5 Å². The summed E-state index contributed by atoms with van der Waals surface area (Å²) in [6.07, 6.45) is 7.30. The average Bonchev–Trinajstić information content (AvgIpc) is 2.25. The molecule has 1 aromatic carbocycles. The van der Waals surface area contributed by atoms with Gasteiger partial charge in [0.15, 0.2) is 0 Å². The zero-order valence-electron chi connectivity index (χ0n) is 9.29. The first kappa shape index (κ1) is 11.0. The van der Waals surface area contributed by atoms with Gasteiger partial charge in [-0.25, -0.2) is 0 Å². The second-order valence-electron chi connectivity index (χ2n) is 3.83. The molecule has 0 unspecified atom stereocenters. The van der Waals surface area contributed by atoms with Gasteiger partial charge in [-0.1, -0.05) is 42.0 Å². The molecule has 0 bridgehead atoms. The van der Waals surface area contributed by atoms with E-state index in [-0.39, 0.29) is 0 Å². The normalized spacial score (nSPS) is 11.7. The fourth-order valence-corrected chi connectivity index (χ4v) is 1.52. The van der Waals surface area contributed by atoms with Gasteiger partial charge in [0.05, 0.1) is 0 Å². The third-order valence-electron chi connectivity index (χ3n) is 2.62. The van der Waals surface area contributed by atoms with E-state index >= 15 is 0 Å². The summed E-state index contributed by atoms with van der Waals surface area (Å²) in [7, 11) is 0. The number of allylic oxidation sites excluding steroid dienone is 2. The molecule has 14 heavy (non-hydrogen) atoms. The topological polar surface area (TPSA) is 0 Å². The summed E-state index contributed by atoms with van der Waals surface area (Å²) in [6.45, 7) is 4.33. The van der Waals surface area contributed by atoms with Gasteiger partial charge in [-0.15, -0.1) is 0 Å². The molecule has 76 valence electrons. The summed E-state index contributed by atoms with van der Waals surface area (Å²) in [5, 5.41) is 0. The number of hydrogen-bond acceptors (Lipinski definition) is 0. The molecule has 0 aliphatic carbocycles. The highest BCUT2D eigenvalue weighted by Crippen LogP contribution is 2.10. The first-order valence-corrected chi connectivity index (χ1v) is 5.48. The van der Waals surface area contributed by atoms with Crippen LogP contribution in [-0.2, 0) is 6.42 Å². The summed E-state index contributed by atoms with van der Waals surface area (Å²) in [6, 6.07) is 10.7. The van der Waals surface area contributed by atoms with Crippen LogP contribution in [0, 0.1) is 0 Å². The Hall–Kier alpha value is -1.04. The van der Waals surface area contributed by atoms with Gasteiger partial charge in [-0.3, -0.25) is 0 Å². The Morgan fingerprint density at radius 2 is 1.86 bits per heavy atom. The van der Waals surface area contributed by atoms with Crippen molar-refractivity contribution < 1.29 is 0 Å². The molecule has 0 saturated heterocycles. The molecule has 0 amide bonds. The molecule has 0 aliphatic rings. The number of rotatable bonds is 5. The smallest absolute Gasteiger partial charge is 0.0279 e. The molecule has 0 nitrogen and oxygen atoms in total. The molecule has 0 atom stereocenters. The first-order chi connectivity index (χ1) is 6.83. The Morgan fingerprint density at radius 3 is 2.50 bits per heavy atom. The van der Waals surface area contributed by atoms with Gasteiger partial charge in [-0.05, 0) is 45.1 Å². The molecule has 0 radical (unpaired) electrons. The van der Waals surface area contributed by atoms with Gasteiger partial charge in [0, 0.05) is 0 Å². The van der Waals surface area contributed by atoms with Crippen LogP contribution in [-0.4, -0.2) is 0 Å². The van der Waals surface area contributed by atoms with Crippen LogP contribution in [0.3, 0.4) is 0 Å². The van der Waals surface area contributed by atoms with Gasteiger partial charge in [0.1, 0.15) is 0 Å². The number of benzene rings is 1. The maximum atomic E-state index is 2.21. The van der Waals surface area contributed by atoms with Crippen molar-refractivity contribution in [2.24, 2.45) is 0 Å². The third kappa shape index (κ3) is 4.27. The van der Waals surface area contributed by atoms with Crippen molar-refractivity contribution >= 4 is 0 Å². The first-order valence-electron chi connectivity index (χ1n) is 5.48. The minimum absolute atomic E-state index is 1.22. The van der Waals surface area contributed by atoms with E-state index in [1.165, 1.54) is 36.8 Å². The number of unbranched alkanes of at least 4 members (excludes halogenated alkanes) is 1. The average molecular weight is 188 g/mol. The van der Waals surface area contributed by atoms with E-state index in [9.17, 15) is 0 Å². The summed E-state index contributed by atoms with van der Waals surface area (Å²) >= 11 is 0. The second-order valence-corrected chi connectivity index (χ2v) is 3.83. The van der Waals surface area contributed by atoms with Gasteiger partial charge < -0.3 is 0 Å². The summed E-state index contributed by atoms with van der Waals surface area (Å²) in [4.78, 5) is 0. The lowest BCUT2D eigenvalue weighted by molar-refractivity contribution is 0.729. The van der Waals surface area contributed by atoms with Crippen molar-refractivity contribution in [1.82, 2.24) is 0 Å². The van der Waals surface area contributed by atoms with Crippen molar-refractivity contribution in [3.63, 3.8) is 0 Å². The molecule has 0 aromatic heterocycles. The minimum Gasteiger partial charge on any atom is -0.0887 e. The van der Waals surface area contributed by atoms with E-state index in [0.29, 0.717) is 0 Å². The standard InChI is InChI=1S/C14H20/c1-3-13(2)9-7-8-12-14-10-5-4-6-11-14/h3-6,10-11H,7-9,12H2,1-2H3/b13-3+. The lowest BCUT2D eigenvalue weighted by Crippen LogP contribution is -1.85. The molecular formula is C14H20. The largest absolute Gasteiger partial charge is 0.0887 e. The van der Waals surface area contributed by atoms with E-state index in [1.54, 1.807) is 0 Å². The maximum Gasteiger partial charge on any atom is -0.0279 e. The zero-order valence-corrected chi connectivity index (χ0v) is 9.29. The molecule has 1 rings (SSSR count). The fraction of sp³-hybridized carbons (Fsp3) is 0.429. The van der Waals surface area contributed by atoms with E-state index in [1.807, 2.05) is 0 Å². The lowest BCUT2D eigenvalue weighted by atomic mass is 10.0. The van der Waals surface area contributed by atoms with Crippen LogP contribution in [0.4, 0.5) is 0 Å². The molecule has 0 aliphatic heterocycles.